The van der Waals surface area contributed by atoms with Gasteiger partial charge in [0.05, 0.1) is 6.21 Å². The molecule has 30 heavy (non-hydrogen) atoms. The van der Waals surface area contributed by atoms with Gasteiger partial charge in [-0.2, -0.15) is 0 Å². The number of allylic oxidation sites excluding steroid dienone is 1. The van der Waals surface area contributed by atoms with Gasteiger partial charge in [0.15, 0.2) is 5.76 Å². The van der Waals surface area contributed by atoms with Crippen molar-refractivity contribution < 1.29 is 23.5 Å². The molecule has 0 unspecified atom stereocenters. The van der Waals surface area contributed by atoms with Crippen LogP contribution in [0.2, 0.25) is 0 Å². The van der Waals surface area contributed by atoms with E-state index in [1.54, 1.807) is 35.2 Å². The third kappa shape index (κ3) is 4.79. The third-order valence-corrected chi connectivity index (χ3v) is 5.36. The van der Waals surface area contributed by atoms with Gasteiger partial charge in [-0.05, 0) is 48.6 Å². The smallest absolute Gasteiger partial charge is 0.250 e. The van der Waals surface area contributed by atoms with Gasteiger partial charge in [0, 0.05) is 24.6 Å². The third-order valence-electron chi connectivity index (χ3n) is 5.36. The Labute approximate surface area is 173 Å². The summed E-state index contributed by atoms with van der Waals surface area (Å²) in [6.45, 7) is 0.444. The lowest BCUT2D eigenvalue weighted by atomic mass is 9.85. The first-order chi connectivity index (χ1) is 14.4. The molecular weight excluding hydrogens is 390 g/mol. The molecule has 1 aliphatic rings. The van der Waals surface area contributed by atoms with E-state index in [1.807, 2.05) is 0 Å². The van der Waals surface area contributed by atoms with E-state index in [9.17, 15) is 23.5 Å². The quantitative estimate of drug-likeness (QED) is 0.407. The number of carbonyl (C=O) groups excluding carboxylic acids is 2. The summed E-state index contributed by atoms with van der Waals surface area (Å²) in [5.74, 6) is -3.43. The zero-order valence-corrected chi connectivity index (χ0v) is 16.2. The molecular formula is C23H22F2N2O3. The van der Waals surface area contributed by atoms with Crippen LogP contribution in [0.25, 0.3) is 0 Å². The minimum absolute atomic E-state index is 0.244. The van der Waals surface area contributed by atoms with Crippen molar-refractivity contribution in [3.05, 3.63) is 83.1 Å². The fourth-order valence-electron chi connectivity index (χ4n) is 3.88. The average molecular weight is 412 g/mol. The number of rotatable bonds is 7. The fourth-order valence-corrected chi connectivity index (χ4v) is 3.88. The molecule has 3 rings (SSSR count). The Bertz CT molecular complexity index is 973. The number of nitrogens with zero attached hydrogens (tertiary/aromatic N) is 1. The van der Waals surface area contributed by atoms with Crippen LogP contribution in [0.15, 0.2) is 60.4 Å². The average Bonchev–Trinajstić information content (AvgIpc) is 3.21. The largest absolute Gasteiger partial charge is 0.504 e. The van der Waals surface area contributed by atoms with Crippen LogP contribution in [-0.2, 0) is 9.59 Å². The van der Waals surface area contributed by atoms with Crippen LogP contribution in [0.4, 0.5) is 8.78 Å². The summed E-state index contributed by atoms with van der Waals surface area (Å²) in [6.07, 6.45) is 3.08. The lowest BCUT2D eigenvalue weighted by Gasteiger charge is -2.28. The van der Waals surface area contributed by atoms with Crippen LogP contribution in [0.3, 0.4) is 0 Å². The highest BCUT2D eigenvalue weighted by atomic mass is 19.1. The number of hydrogen-bond acceptors (Lipinski definition) is 4. The van der Waals surface area contributed by atoms with Crippen molar-refractivity contribution in [2.75, 3.05) is 6.54 Å². The molecule has 1 fully saturated rings. The predicted octanol–water partition coefficient (Wildman–Crippen LogP) is 4.14. The minimum atomic E-state index is -0.949. The molecule has 0 aliphatic carbocycles. The number of hydrogen-bond donors (Lipinski definition) is 2. The predicted molar refractivity (Wildman–Crippen MR) is 108 cm³/mol. The summed E-state index contributed by atoms with van der Waals surface area (Å²) in [4.78, 5) is 25.5. The molecule has 7 heteroatoms. The van der Waals surface area contributed by atoms with Crippen molar-refractivity contribution in [3.63, 3.8) is 0 Å². The summed E-state index contributed by atoms with van der Waals surface area (Å²) < 4.78 is 28.0. The van der Waals surface area contributed by atoms with Gasteiger partial charge in [-0.1, -0.05) is 30.3 Å². The molecule has 0 saturated carbocycles. The van der Waals surface area contributed by atoms with Crippen LogP contribution < -0.4 is 0 Å². The van der Waals surface area contributed by atoms with Crippen LogP contribution in [0, 0.1) is 17.0 Å². The second kappa shape index (κ2) is 9.43. The molecule has 2 N–H and O–H groups in total. The Hall–Kier alpha value is -3.35. The van der Waals surface area contributed by atoms with Gasteiger partial charge < -0.3 is 15.4 Å². The molecule has 156 valence electrons. The molecule has 5 nitrogen and oxygen atoms in total. The molecule has 1 amide bonds. The van der Waals surface area contributed by atoms with Crippen LogP contribution in [0.5, 0.6) is 0 Å². The summed E-state index contributed by atoms with van der Waals surface area (Å²) >= 11 is 0. The standard InChI is InChI=1S/C23H22F2N2O3/c24-16-9-7-15(8-10-16)19(18-5-1-2-6-20(18)25)12-17-4-3-11-27(17)23(30)13-21(28)22(29)14-26/h1-2,5-10,13-14,17,19,26,28H,3-4,11-12H2/b21-13-,26-14?/t17-,19-/m1/s1. The summed E-state index contributed by atoms with van der Waals surface area (Å²) in [5, 5.41) is 16.6. The van der Waals surface area contributed by atoms with Gasteiger partial charge in [-0.3, -0.25) is 9.59 Å². The Morgan fingerprint density at radius 1 is 1.17 bits per heavy atom. The van der Waals surface area contributed by atoms with E-state index < -0.39 is 23.4 Å². The lowest BCUT2D eigenvalue weighted by Crippen LogP contribution is -2.36. The van der Waals surface area contributed by atoms with E-state index in [-0.39, 0.29) is 17.7 Å². The van der Waals surface area contributed by atoms with Crippen LogP contribution >= 0.6 is 0 Å². The Balaban J connectivity index is 1.89. The second-order valence-corrected chi connectivity index (χ2v) is 7.23. The van der Waals surface area contributed by atoms with E-state index in [0.29, 0.717) is 31.2 Å². The van der Waals surface area contributed by atoms with Crippen molar-refractivity contribution >= 4 is 17.9 Å². The van der Waals surface area contributed by atoms with E-state index in [4.69, 9.17) is 5.41 Å². The molecule has 1 saturated heterocycles. The fraction of sp³-hybridized carbons (Fsp3) is 0.261. The number of benzene rings is 2. The molecule has 0 radical (unpaired) electrons. The molecule has 0 aromatic heterocycles. The Kier molecular flexibility index (Phi) is 6.72. The van der Waals surface area contributed by atoms with Crippen molar-refractivity contribution in [1.29, 1.82) is 5.41 Å². The SMILES string of the molecule is N=CC(=O)/C(O)=C/C(=O)N1CCC[C@@H]1C[C@H](c1ccc(F)cc1)c1ccccc1F. The van der Waals surface area contributed by atoms with Gasteiger partial charge in [-0.25, -0.2) is 8.78 Å². The number of carbonyl (C=O) groups is 2. The zero-order chi connectivity index (χ0) is 21.7. The molecule has 2 aromatic rings. The summed E-state index contributed by atoms with van der Waals surface area (Å²) in [5.41, 5.74) is 1.19. The maximum absolute atomic E-state index is 14.6. The van der Waals surface area contributed by atoms with Gasteiger partial charge in [-0.15, -0.1) is 0 Å². The molecule has 1 aliphatic heterocycles. The van der Waals surface area contributed by atoms with Crippen molar-refractivity contribution in [1.82, 2.24) is 4.90 Å². The minimum Gasteiger partial charge on any atom is -0.504 e. The molecule has 2 atom stereocenters. The number of halogens is 2. The summed E-state index contributed by atoms with van der Waals surface area (Å²) in [6, 6.07) is 12.0. The maximum Gasteiger partial charge on any atom is 0.250 e. The number of amides is 1. The van der Waals surface area contributed by atoms with Gasteiger partial charge in [0.1, 0.15) is 11.6 Å². The molecule has 0 spiro atoms. The molecule has 1 heterocycles. The molecule has 0 bridgehead atoms. The van der Waals surface area contributed by atoms with Crippen LogP contribution in [0.1, 0.15) is 36.3 Å². The van der Waals surface area contributed by atoms with E-state index >= 15 is 0 Å². The van der Waals surface area contributed by atoms with E-state index in [0.717, 1.165) is 18.1 Å². The molecule has 2 aromatic carbocycles. The Morgan fingerprint density at radius 2 is 1.87 bits per heavy atom. The highest BCUT2D eigenvalue weighted by Crippen LogP contribution is 2.35. The van der Waals surface area contributed by atoms with Crippen molar-refractivity contribution in [2.24, 2.45) is 0 Å². The number of ketones is 1. The maximum atomic E-state index is 14.6. The van der Waals surface area contributed by atoms with E-state index in [2.05, 4.69) is 0 Å². The normalized spacial score (nSPS) is 17.6. The number of nitrogens with one attached hydrogen (secondary N) is 1. The first-order valence-corrected chi connectivity index (χ1v) is 9.66. The number of aliphatic hydroxyl groups is 1. The van der Waals surface area contributed by atoms with Gasteiger partial charge in [0.2, 0.25) is 5.78 Å². The highest BCUT2D eigenvalue weighted by Gasteiger charge is 2.32. The van der Waals surface area contributed by atoms with Gasteiger partial charge in [0.25, 0.3) is 5.91 Å². The zero-order valence-electron chi connectivity index (χ0n) is 16.2. The van der Waals surface area contributed by atoms with E-state index in [1.165, 1.54) is 18.2 Å². The Morgan fingerprint density at radius 3 is 2.53 bits per heavy atom. The van der Waals surface area contributed by atoms with Crippen LogP contribution in [-0.4, -0.2) is 40.5 Å². The first kappa shape index (κ1) is 21.4. The number of Topliss-reactive ketones (excluding diaryl/α,β-unsaturated/α-hetero) is 1. The van der Waals surface area contributed by atoms with Crippen molar-refractivity contribution in [2.45, 2.75) is 31.2 Å². The lowest BCUT2D eigenvalue weighted by molar-refractivity contribution is -0.127. The number of aliphatic hydroxyl groups excluding tert-OH is 1. The highest BCUT2D eigenvalue weighted by molar-refractivity contribution is 6.33. The first-order valence-electron chi connectivity index (χ1n) is 9.66. The monoisotopic (exact) mass is 412 g/mol. The van der Waals surface area contributed by atoms with Gasteiger partial charge >= 0.3 is 0 Å². The number of likely N-dealkylation sites (tertiary alicyclic amines) is 1. The second-order valence-electron chi connectivity index (χ2n) is 7.23. The van der Waals surface area contributed by atoms with Crippen molar-refractivity contribution in [3.8, 4) is 0 Å². The topological polar surface area (TPSA) is 81.5 Å². The summed E-state index contributed by atoms with van der Waals surface area (Å²) in [7, 11) is 0.